The summed E-state index contributed by atoms with van der Waals surface area (Å²) in [5.41, 5.74) is 0.253. The van der Waals surface area contributed by atoms with Gasteiger partial charge in [-0.2, -0.15) is 0 Å². The number of amides is 1. The molecule has 0 fully saturated rings. The molecule has 9 heteroatoms. The van der Waals surface area contributed by atoms with Gasteiger partial charge in [0, 0.05) is 13.0 Å². The molecule has 0 unspecified atom stereocenters. The van der Waals surface area contributed by atoms with E-state index in [-0.39, 0.29) is 36.4 Å². The van der Waals surface area contributed by atoms with E-state index in [4.69, 9.17) is 9.47 Å². The molecule has 1 aromatic heterocycles. The predicted molar refractivity (Wildman–Crippen MR) is 73.8 cm³/mol. The molecule has 0 bridgehead atoms. The molecule has 120 valence electrons. The zero-order valence-electron chi connectivity index (χ0n) is 12.4. The average molecular weight is 312 g/mol. The van der Waals surface area contributed by atoms with E-state index in [0.29, 0.717) is 0 Å². The van der Waals surface area contributed by atoms with Crippen molar-refractivity contribution >= 4 is 23.9 Å². The number of carbonyl (C=O) groups is 3. The van der Waals surface area contributed by atoms with Crippen molar-refractivity contribution in [3.05, 3.63) is 12.3 Å². The van der Waals surface area contributed by atoms with Crippen LogP contribution in [0.5, 0.6) is 11.6 Å². The van der Waals surface area contributed by atoms with Crippen molar-refractivity contribution in [3.8, 4) is 11.6 Å². The Morgan fingerprint density at radius 3 is 2.23 bits per heavy atom. The first-order valence-electron chi connectivity index (χ1n) is 6.43. The fourth-order valence-electron chi connectivity index (χ4n) is 1.32. The van der Waals surface area contributed by atoms with Crippen LogP contribution in [0.2, 0.25) is 0 Å². The van der Waals surface area contributed by atoms with E-state index in [2.05, 4.69) is 19.8 Å². The van der Waals surface area contributed by atoms with Crippen molar-refractivity contribution in [2.24, 2.45) is 0 Å². The Kier molecular flexibility index (Phi) is 6.61. The third-order valence-corrected chi connectivity index (χ3v) is 2.04. The van der Waals surface area contributed by atoms with Gasteiger partial charge in [-0.1, -0.05) is 0 Å². The van der Waals surface area contributed by atoms with E-state index >= 15 is 0 Å². The van der Waals surface area contributed by atoms with Gasteiger partial charge >= 0.3 is 12.3 Å². The van der Waals surface area contributed by atoms with Crippen LogP contribution in [-0.4, -0.2) is 36.4 Å². The maximum Gasteiger partial charge on any atom is 0.515 e. The molecular weight excluding hydrogens is 296 g/mol. The second-order valence-corrected chi connectivity index (χ2v) is 3.78. The molecule has 0 saturated carbocycles. The molecule has 0 radical (unpaired) electrons. The van der Waals surface area contributed by atoms with Crippen molar-refractivity contribution in [1.82, 2.24) is 4.98 Å². The average Bonchev–Trinajstić information content (AvgIpc) is 2.41. The third kappa shape index (κ3) is 5.65. The Morgan fingerprint density at radius 2 is 1.68 bits per heavy atom. The summed E-state index contributed by atoms with van der Waals surface area (Å²) in [6, 6.07) is 1.26. The standard InChI is InChI=1S/C13H16N2O7/c1-4-19-12(17)21-10-6-9(15-8(3)16)7-14-11(10)22-13(18)20-5-2/h6-7H,4-5H2,1-3H3,(H,15,16). The maximum atomic E-state index is 11.4. The Hall–Kier alpha value is -2.84. The van der Waals surface area contributed by atoms with Crippen LogP contribution in [0.15, 0.2) is 12.3 Å². The van der Waals surface area contributed by atoms with Crippen LogP contribution < -0.4 is 14.8 Å². The summed E-state index contributed by atoms with van der Waals surface area (Å²) in [5, 5.41) is 2.45. The molecule has 0 saturated heterocycles. The Morgan fingerprint density at radius 1 is 1.09 bits per heavy atom. The van der Waals surface area contributed by atoms with Gasteiger partial charge in [0.05, 0.1) is 25.1 Å². The highest BCUT2D eigenvalue weighted by molar-refractivity contribution is 5.88. The van der Waals surface area contributed by atoms with Crippen molar-refractivity contribution < 1.29 is 33.3 Å². The molecule has 0 aliphatic rings. The Balaban J connectivity index is 2.99. The van der Waals surface area contributed by atoms with Gasteiger partial charge in [-0.25, -0.2) is 14.6 Å². The monoisotopic (exact) mass is 312 g/mol. The molecule has 0 aromatic carbocycles. The van der Waals surface area contributed by atoms with Crippen LogP contribution in [0.1, 0.15) is 20.8 Å². The molecule has 1 rings (SSSR count). The number of aromatic nitrogens is 1. The SMILES string of the molecule is CCOC(=O)Oc1cc(NC(C)=O)cnc1OC(=O)OCC. The number of pyridine rings is 1. The van der Waals surface area contributed by atoms with E-state index in [9.17, 15) is 14.4 Å². The van der Waals surface area contributed by atoms with Crippen molar-refractivity contribution in [1.29, 1.82) is 0 Å². The van der Waals surface area contributed by atoms with Crippen molar-refractivity contribution in [3.63, 3.8) is 0 Å². The lowest BCUT2D eigenvalue weighted by Crippen LogP contribution is -2.15. The maximum absolute atomic E-state index is 11.4. The number of hydrogen-bond donors (Lipinski definition) is 1. The first-order chi connectivity index (χ1) is 10.5. The summed E-state index contributed by atoms with van der Waals surface area (Å²) in [6.45, 7) is 4.71. The number of ether oxygens (including phenoxy) is 4. The lowest BCUT2D eigenvalue weighted by molar-refractivity contribution is -0.114. The third-order valence-electron chi connectivity index (χ3n) is 2.04. The van der Waals surface area contributed by atoms with Crippen LogP contribution in [0, 0.1) is 0 Å². The predicted octanol–water partition coefficient (Wildman–Crippen LogP) is 2.11. The number of nitrogens with one attached hydrogen (secondary N) is 1. The summed E-state index contributed by atoms with van der Waals surface area (Å²) < 4.78 is 18.9. The molecule has 1 N–H and O–H groups in total. The Labute approximate surface area is 126 Å². The molecule has 9 nitrogen and oxygen atoms in total. The molecule has 22 heavy (non-hydrogen) atoms. The number of rotatable bonds is 5. The summed E-state index contributed by atoms with van der Waals surface area (Å²) in [7, 11) is 0. The first-order valence-corrected chi connectivity index (χ1v) is 6.43. The van der Waals surface area contributed by atoms with Crippen LogP contribution in [-0.2, 0) is 14.3 Å². The minimum Gasteiger partial charge on any atom is -0.434 e. The summed E-state index contributed by atoms with van der Waals surface area (Å²) in [6.07, 6.45) is -0.775. The zero-order chi connectivity index (χ0) is 16.5. The largest absolute Gasteiger partial charge is 0.515 e. The molecule has 0 aliphatic heterocycles. The topological polar surface area (TPSA) is 113 Å². The second-order valence-electron chi connectivity index (χ2n) is 3.78. The Bertz CT molecular complexity index is 559. The highest BCUT2D eigenvalue weighted by Gasteiger charge is 2.17. The van der Waals surface area contributed by atoms with E-state index < -0.39 is 12.3 Å². The summed E-state index contributed by atoms with van der Waals surface area (Å²) >= 11 is 0. The number of anilines is 1. The number of nitrogens with zero attached hydrogens (tertiary/aromatic N) is 1. The van der Waals surface area contributed by atoms with Gasteiger partial charge in [-0.05, 0) is 13.8 Å². The van der Waals surface area contributed by atoms with Gasteiger partial charge in [0.25, 0.3) is 5.88 Å². The van der Waals surface area contributed by atoms with E-state index in [0.717, 1.165) is 0 Å². The van der Waals surface area contributed by atoms with Crippen molar-refractivity contribution in [2.45, 2.75) is 20.8 Å². The zero-order valence-corrected chi connectivity index (χ0v) is 12.4. The molecule has 1 aromatic rings. The summed E-state index contributed by atoms with van der Waals surface area (Å²) in [4.78, 5) is 37.5. The molecule has 0 spiro atoms. The summed E-state index contributed by atoms with van der Waals surface area (Å²) in [5.74, 6) is -0.832. The highest BCUT2D eigenvalue weighted by atomic mass is 16.7. The van der Waals surface area contributed by atoms with Crippen LogP contribution in [0.25, 0.3) is 0 Å². The van der Waals surface area contributed by atoms with Gasteiger partial charge in [0.2, 0.25) is 5.91 Å². The van der Waals surface area contributed by atoms with Crippen molar-refractivity contribution in [2.75, 3.05) is 18.5 Å². The fourth-order valence-corrected chi connectivity index (χ4v) is 1.32. The number of hydrogen-bond acceptors (Lipinski definition) is 8. The first kappa shape index (κ1) is 17.2. The highest BCUT2D eigenvalue weighted by Crippen LogP contribution is 2.28. The molecule has 0 atom stereocenters. The second kappa shape index (κ2) is 8.45. The lowest BCUT2D eigenvalue weighted by atomic mass is 10.4. The van der Waals surface area contributed by atoms with E-state index in [1.165, 1.54) is 19.2 Å². The van der Waals surface area contributed by atoms with Gasteiger partial charge in [0.15, 0.2) is 5.75 Å². The number of carbonyl (C=O) groups excluding carboxylic acids is 3. The van der Waals surface area contributed by atoms with Crippen LogP contribution in [0.3, 0.4) is 0 Å². The molecular formula is C13H16N2O7. The quantitative estimate of drug-likeness (QED) is 0.822. The van der Waals surface area contributed by atoms with E-state index in [1.54, 1.807) is 13.8 Å². The minimum atomic E-state index is -1.00. The lowest BCUT2D eigenvalue weighted by Gasteiger charge is -2.10. The minimum absolute atomic E-state index is 0.103. The van der Waals surface area contributed by atoms with Gasteiger partial charge < -0.3 is 24.3 Å². The fraction of sp³-hybridized carbons (Fsp3) is 0.385. The van der Waals surface area contributed by atoms with Crippen LogP contribution >= 0.6 is 0 Å². The van der Waals surface area contributed by atoms with Crippen LogP contribution in [0.4, 0.5) is 15.3 Å². The molecule has 1 amide bonds. The van der Waals surface area contributed by atoms with Gasteiger partial charge in [0.1, 0.15) is 0 Å². The van der Waals surface area contributed by atoms with Gasteiger partial charge in [-0.15, -0.1) is 0 Å². The smallest absolute Gasteiger partial charge is 0.434 e. The normalized spacial score (nSPS) is 9.59. The van der Waals surface area contributed by atoms with Gasteiger partial charge in [-0.3, -0.25) is 4.79 Å². The van der Waals surface area contributed by atoms with E-state index in [1.807, 2.05) is 0 Å². The molecule has 0 aliphatic carbocycles. The molecule has 1 heterocycles.